The first-order valence-electron chi connectivity index (χ1n) is 13.5. The lowest BCUT2D eigenvalue weighted by Crippen LogP contribution is -2.42. The van der Waals surface area contributed by atoms with Crippen LogP contribution in [0.5, 0.6) is 5.75 Å². The molecule has 15 nitrogen and oxygen atoms in total. The smallest absolute Gasteiger partial charge is 0.409 e. The van der Waals surface area contributed by atoms with Crippen molar-refractivity contribution in [3.63, 3.8) is 0 Å². The molecule has 2 aromatic carbocycles. The van der Waals surface area contributed by atoms with E-state index in [-0.39, 0.29) is 29.6 Å². The van der Waals surface area contributed by atoms with Crippen LogP contribution in [0.1, 0.15) is 33.7 Å². The van der Waals surface area contributed by atoms with Crippen molar-refractivity contribution >= 4 is 41.3 Å². The fraction of sp³-hybridized carbons (Fsp3) is 0.296. The van der Waals surface area contributed by atoms with Gasteiger partial charge in [0.25, 0.3) is 5.91 Å². The van der Waals surface area contributed by atoms with Crippen LogP contribution in [0.15, 0.2) is 52.2 Å². The zero-order valence-corrected chi connectivity index (χ0v) is 23.6. The predicted molar refractivity (Wildman–Crippen MR) is 154 cm³/mol. The van der Waals surface area contributed by atoms with Gasteiger partial charge >= 0.3 is 6.09 Å². The normalized spacial score (nSPS) is 15.0. The molecule has 0 atom stereocenters. The van der Waals surface area contributed by atoms with Crippen molar-refractivity contribution in [3.8, 4) is 11.6 Å². The summed E-state index contributed by atoms with van der Waals surface area (Å²) in [5.41, 5.74) is 11.5. The lowest BCUT2D eigenvalue weighted by Gasteiger charge is -2.31. The minimum atomic E-state index is -0.633. The van der Waals surface area contributed by atoms with Crippen molar-refractivity contribution in [1.29, 1.82) is 0 Å². The average Bonchev–Trinajstić information content (AvgIpc) is 3.64. The van der Waals surface area contributed by atoms with Crippen LogP contribution in [-0.2, 0) is 17.7 Å². The number of para-hydroxylation sites is 1. The number of benzene rings is 2. The van der Waals surface area contributed by atoms with E-state index in [9.17, 15) is 9.59 Å². The van der Waals surface area contributed by atoms with Gasteiger partial charge in [0.15, 0.2) is 5.69 Å². The molecule has 0 bridgehead atoms. The topological polar surface area (TPSA) is 179 Å². The van der Waals surface area contributed by atoms with Gasteiger partial charge < -0.3 is 25.0 Å². The van der Waals surface area contributed by atoms with Gasteiger partial charge in [-0.1, -0.05) is 35.0 Å². The second kappa shape index (κ2) is 12.5. The van der Waals surface area contributed by atoms with E-state index in [2.05, 4.69) is 42.1 Å². The van der Waals surface area contributed by atoms with Crippen LogP contribution in [0.3, 0.4) is 0 Å². The van der Waals surface area contributed by atoms with Crippen LogP contribution in [-0.4, -0.2) is 81.3 Å². The number of halogens is 1. The number of aryl methyl sites for hydroxylation is 1. The quantitative estimate of drug-likeness (QED) is 0.233. The Morgan fingerprint density at radius 2 is 1.98 bits per heavy atom. The van der Waals surface area contributed by atoms with Crippen molar-refractivity contribution in [3.05, 3.63) is 70.0 Å². The molecule has 2 amide bonds. The summed E-state index contributed by atoms with van der Waals surface area (Å²) in [5.74, 6) is -0.300. The molecule has 1 saturated heterocycles. The van der Waals surface area contributed by atoms with Gasteiger partial charge in [0, 0.05) is 35.9 Å². The number of morpholine rings is 1. The monoisotopic (exact) mass is 606 g/mol. The van der Waals surface area contributed by atoms with E-state index in [0.29, 0.717) is 42.6 Å². The van der Waals surface area contributed by atoms with Gasteiger partial charge in [-0.25, -0.2) is 14.8 Å². The van der Waals surface area contributed by atoms with E-state index in [1.165, 1.54) is 16.5 Å². The van der Waals surface area contributed by atoms with E-state index in [1.807, 2.05) is 18.2 Å². The number of rotatable bonds is 7. The molecular weight excluding hydrogens is 580 g/mol. The number of amides is 2. The largest absolute Gasteiger partial charge is 0.415 e. The second-order valence-corrected chi connectivity index (χ2v) is 10.2. The lowest BCUT2D eigenvalue weighted by molar-refractivity contribution is 0.0416. The fourth-order valence-corrected chi connectivity index (χ4v) is 5.10. The molecule has 222 valence electrons. The summed E-state index contributed by atoms with van der Waals surface area (Å²) < 4.78 is 17.0. The zero-order valence-electron chi connectivity index (χ0n) is 22.8. The second-order valence-electron chi connectivity index (χ2n) is 9.77. The number of hydrogen-bond donors (Lipinski definition) is 2. The first kappa shape index (κ1) is 28.1. The molecule has 0 aliphatic carbocycles. The third kappa shape index (κ3) is 6.12. The molecule has 0 unspecified atom stereocenters. The van der Waals surface area contributed by atoms with Crippen molar-refractivity contribution in [2.75, 3.05) is 43.5 Å². The zero-order chi connectivity index (χ0) is 29.8. The summed E-state index contributed by atoms with van der Waals surface area (Å²) in [5, 5.41) is 20.2. The number of nitrogens with one attached hydrogen (secondary N) is 1. The maximum atomic E-state index is 13.4. The number of nitrogen functional groups attached to an aromatic ring is 1. The molecule has 2 aromatic heterocycles. The summed E-state index contributed by atoms with van der Waals surface area (Å²) in [6.45, 7) is 2.76. The van der Waals surface area contributed by atoms with Crippen molar-refractivity contribution < 1.29 is 23.7 Å². The maximum absolute atomic E-state index is 13.4. The van der Waals surface area contributed by atoms with Crippen LogP contribution in [0, 0.1) is 0 Å². The molecule has 43 heavy (non-hydrogen) atoms. The summed E-state index contributed by atoms with van der Waals surface area (Å²) in [7, 11) is 0. The summed E-state index contributed by atoms with van der Waals surface area (Å²) in [6, 6.07) is 12.8. The highest BCUT2D eigenvalue weighted by atomic mass is 35.5. The van der Waals surface area contributed by atoms with Gasteiger partial charge in [0.2, 0.25) is 11.6 Å². The number of carbonyl (C=O) groups is 2. The van der Waals surface area contributed by atoms with Gasteiger partial charge in [0.1, 0.15) is 5.75 Å². The molecule has 1 fully saturated rings. The van der Waals surface area contributed by atoms with Crippen LogP contribution in [0.2, 0.25) is 5.02 Å². The maximum Gasteiger partial charge on any atom is 0.415 e. The Labute approximate surface area is 250 Å². The molecule has 4 aromatic rings. The number of aromatic nitrogens is 5. The first-order valence-corrected chi connectivity index (χ1v) is 13.9. The molecule has 3 N–H and O–H groups in total. The van der Waals surface area contributed by atoms with Gasteiger partial charge in [-0.05, 0) is 53.0 Å². The van der Waals surface area contributed by atoms with E-state index in [0.717, 1.165) is 25.1 Å². The number of hydrazone groups is 1. The number of nitrogens with two attached hydrogens (primary N) is 1. The van der Waals surface area contributed by atoms with E-state index in [1.54, 1.807) is 23.1 Å². The van der Waals surface area contributed by atoms with E-state index in [4.69, 9.17) is 31.4 Å². The Balaban J connectivity index is 1.23. The number of carbonyl (C=O) groups excluding carboxylic acids is 2. The lowest BCUT2D eigenvalue weighted by atomic mass is 10.0. The standard InChI is InChI=1S/C27H27ClN10O5/c28-19-7-8-22(42-27(40)36-10-12-41-13-11-36)18(14-19)15-30-32-26(39)23-21(38(35-31-23)25-24(29)33-43-34-25)16-37-9-3-5-17-4-1-2-6-20(17)37/h1-2,4,6-8,14-15H,3,5,9-13,16H2,(H2,29,33)(H,32,39)/b30-15+. The summed E-state index contributed by atoms with van der Waals surface area (Å²) in [4.78, 5) is 29.7. The third-order valence-corrected chi connectivity index (χ3v) is 7.26. The van der Waals surface area contributed by atoms with Gasteiger partial charge in [0.05, 0.1) is 31.7 Å². The number of hydrogen-bond acceptors (Lipinski definition) is 12. The molecule has 6 rings (SSSR count). The Bertz CT molecular complexity index is 1670. The number of ether oxygens (including phenoxy) is 2. The highest BCUT2D eigenvalue weighted by molar-refractivity contribution is 6.31. The summed E-state index contributed by atoms with van der Waals surface area (Å²) in [6.07, 6.45) is 2.71. The van der Waals surface area contributed by atoms with Crippen LogP contribution < -0.4 is 20.8 Å². The molecule has 4 heterocycles. The average molecular weight is 607 g/mol. The van der Waals surface area contributed by atoms with Gasteiger partial charge in [-0.3, -0.25) is 4.79 Å². The Morgan fingerprint density at radius 3 is 2.79 bits per heavy atom. The van der Waals surface area contributed by atoms with E-state index < -0.39 is 12.0 Å². The minimum Gasteiger partial charge on any atom is -0.409 e. The highest BCUT2D eigenvalue weighted by Gasteiger charge is 2.27. The molecule has 0 saturated carbocycles. The van der Waals surface area contributed by atoms with Crippen molar-refractivity contribution in [1.82, 2.24) is 35.6 Å². The van der Waals surface area contributed by atoms with Crippen LogP contribution in [0.4, 0.5) is 16.3 Å². The van der Waals surface area contributed by atoms with Crippen LogP contribution in [0.25, 0.3) is 5.82 Å². The summed E-state index contributed by atoms with van der Waals surface area (Å²) >= 11 is 6.18. The number of anilines is 2. The molecular formula is C27H27ClN10O5. The minimum absolute atomic E-state index is 0.00437. The van der Waals surface area contributed by atoms with Crippen molar-refractivity contribution in [2.45, 2.75) is 19.4 Å². The predicted octanol–water partition coefficient (Wildman–Crippen LogP) is 2.43. The Hall–Kier alpha value is -5.02. The molecule has 2 aliphatic rings. The molecule has 0 radical (unpaired) electrons. The Morgan fingerprint density at radius 1 is 1.14 bits per heavy atom. The molecule has 16 heteroatoms. The van der Waals surface area contributed by atoms with Crippen molar-refractivity contribution in [2.24, 2.45) is 5.10 Å². The fourth-order valence-electron chi connectivity index (χ4n) is 4.92. The number of nitrogens with zero attached hydrogens (tertiary/aromatic N) is 8. The number of fused-ring (bicyclic) bond motifs is 1. The highest BCUT2D eigenvalue weighted by Crippen LogP contribution is 2.29. The SMILES string of the molecule is Nc1nonc1-n1nnc(C(=O)N/N=C/c2cc(Cl)ccc2OC(=O)N2CCOCC2)c1CN1CCCc2ccccc21. The third-order valence-electron chi connectivity index (χ3n) is 7.03. The molecule has 2 aliphatic heterocycles. The van der Waals surface area contributed by atoms with Gasteiger partial charge in [-0.2, -0.15) is 9.78 Å². The van der Waals surface area contributed by atoms with Gasteiger partial charge in [-0.15, -0.1) is 5.10 Å². The van der Waals surface area contributed by atoms with E-state index >= 15 is 0 Å². The Kier molecular flexibility index (Phi) is 8.15. The first-order chi connectivity index (χ1) is 21.0. The molecule has 0 spiro atoms. The van der Waals surface area contributed by atoms with Crippen LogP contribution >= 0.6 is 11.6 Å².